The van der Waals surface area contributed by atoms with Crippen molar-refractivity contribution in [2.45, 2.75) is 45.6 Å². The molecule has 126 valence electrons. The number of aromatic amines is 1. The van der Waals surface area contributed by atoms with E-state index in [-0.39, 0.29) is 12.6 Å². The van der Waals surface area contributed by atoms with Gasteiger partial charge in [-0.3, -0.25) is 0 Å². The van der Waals surface area contributed by atoms with Crippen LogP contribution in [0.15, 0.2) is 24.4 Å². The molecule has 0 spiro atoms. The molecule has 4 N–H and O–H groups in total. The molecule has 1 unspecified atom stereocenters. The number of carbonyl (C=O) groups excluding carboxylic acids is 1. The van der Waals surface area contributed by atoms with Crippen molar-refractivity contribution in [1.82, 2.24) is 15.6 Å². The van der Waals surface area contributed by atoms with E-state index in [1.165, 1.54) is 16.5 Å². The van der Waals surface area contributed by atoms with Gasteiger partial charge in [-0.25, -0.2) is 4.79 Å². The number of nitrogens with one attached hydrogen (secondary N) is 3. The number of aromatic nitrogens is 1. The van der Waals surface area contributed by atoms with Crippen molar-refractivity contribution >= 4 is 16.9 Å². The topological polar surface area (TPSA) is 77.2 Å². The molecule has 5 heteroatoms. The molecule has 0 saturated carbocycles. The highest BCUT2D eigenvalue weighted by Crippen LogP contribution is 2.21. The summed E-state index contributed by atoms with van der Waals surface area (Å²) in [7, 11) is 0. The lowest BCUT2D eigenvalue weighted by Crippen LogP contribution is -2.52. The smallest absolute Gasteiger partial charge is 0.315 e. The molecule has 1 aromatic heterocycles. The highest BCUT2D eigenvalue weighted by molar-refractivity contribution is 5.86. The van der Waals surface area contributed by atoms with Crippen LogP contribution in [0.1, 0.15) is 37.8 Å². The number of hydrogen-bond donors (Lipinski definition) is 4. The lowest BCUT2D eigenvalue weighted by molar-refractivity contribution is 0.163. The average molecular weight is 317 g/mol. The second kappa shape index (κ2) is 7.51. The zero-order valence-electron chi connectivity index (χ0n) is 14.2. The second-order valence-corrected chi connectivity index (χ2v) is 6.41. The van der Waals surface area contributed by atoms with Crippen LogP contribution in [0, 0.1) is 6.92 Å². The summed E-state index contributed by atoms with van der Waals surface area (Å²) in [6.07, 6.45) is 4.43. The Bertz CT molecular complexity index is 665. The van der Waals surface area contributed by atoms with Gasteiger partial charge in [-0.15, -0.1) is 0 Å². The number of para-hydroxylation sites is 1. The normalized spacial score (nSPS) is 13.7. The van der Waals surface area contributed by atoms with Gasteiger partial charge in [0.1, 0.15) is 0 Å². The van der Waals surface area contributed by atoms with E-state index in [1.807, 2.05) is 26.1 Å². The van der Waals surface area contributed by atoms with Gasteiger partial charge in [0.2, 0.25) is 0 Å². The van der Waals surface area contributed by atoms with E-state index in [0.717, 1.165) is 24.8 Å². The Balaban J connectivity index is 1.89. The SMILES string of the molecule is CCCC(C)(CO)NC(=O)NCCc1c[nH]c2c(C)cccc12. The zero-order valence-corrected chi connectivity index (χ0v) is 14.2. The molecule has 0 bridgehead atoms. The molecule has 0 aliphatic heterocycles. The molecule has 23 heavy (non-hydrogen) atoms. The molecule has 5 nitrogen and oxygen atoms in total. The minimum atomic E-state index is -0.559. The van der Waals surface area contributed by atoms with Crippen LogP contribution in [-0.4, -0.2) is 34.8 Å². The maximum absolute atomic E-state index is 12.0. The van der Waals surface area contributed by atoms with Crippen molar-refractivity contribution in [1.29, 1.82) is 0 Å². The standard InChI is InChI=1S/C18H27N3O2/c1-4-9-18(3,12-22)21-17(23)19-10-8-14-11-20-16-13(2)6-5-7-15(14)16/h5-7,11,20,22H,4,8-10,12H2,1-3H3,(H2,19,21,23). The number of rotatable bonds is 7. The van der Waals surface area contributed by atoms with Gasteiger partial charge in [-0.05, 0) is 37.8 Å². The highest BCUT2D eigenvalue weighted by atomic mass is 16.3. The Hall–Kier alpha value is -2.01. The van der Waals surface area contributed by atoms with Crippen LogP contribution in [0.25, 0.3) is 10.9 Å². The summed E-state index contributed by atoms with van der Waals surface area (Å²) in [6.45, 7) is 6.47. The van der Waals surface area contributed by atoms with Crippen LogP contribution >= 0.6 is 0 Å². The molecule has 0 saturated heterocycles. The molecule has 1 heterocycles. The molecule has 0 aliphatic carbocycles. The summed E-state index contributed by atoms with van der Waals surface area (Å²) in [5.74, 6) is 0. The number of aliphatic hydroxyl groups is 1. The monoisotopic (exact) mass is 317 g/mol. The van der Waals surface area contributed by atoms with Crippen LogP contribution in [0.2, 0.25) is 0 Å². The minimum absolute atomic E-state index is 0.0595. The molecule has 2 amide bonds. The third-order valence-corrected chi connectivity index (χ3v) is 4.26. The quantitative estimate of drug-likeness (QED) is 0.634. The first-order valence-electron chi connectivity index (χ1n) is 8.21. The third-order valence-electron chi connectivity index (χ3n) is 4.26. The van der Waals surface area contributed by atoms with E-state index in [2.05, 4.69) is 34.7 Å². The molecule has 1 aromatic carbocycles. The lowest BCUT2D eigenvalue weighted by atomic mass is 9.98. The molecular formula is C18H27N3O2. The lowest BCUT2D eigenvalue weighted by Gasteiger charge is -2.28. The highest BCUT2D eigenvalue weighted by Gasteiger charge is 2.24. The number of urea groups is 1. The van der Waals surface area contributed by atoms with Crippen LogP contribution in [0.4, 0.5) is 4.79 Å². The van der Waals surface area contributed by atoms with Crippen molar-refractivity contribution in [2.24, 2.45) is 0 Å². The maximum atomic E-state index is 12.0. The first kappa shape index (κ1) is 17.3. The van der Waals surface area contributed by atoms with Gasteiger partial charge in [0.15, 0.2) is 0 Å². The molecule has 0 aliphatic rings. The van der Waals surface area contributed by atoms with Crippen molar-refractivity contribution in [2.75, 3.05) is 13.2 Å². The minimum Gasteiger partial charge on any atom is -0.394 e. The van der Waals surface area contributed by atoms with Crippen LogP contribution in [0.3, 0.4) is 0 Å². The zero-order chi connectivity index (χ0) is 16.9. The van der Waals surface area contributed by atoms with E-state index in [0.29, 0.717) is 6.54 Å². The number of carbonyl (C=O) groups is 1. The molecular weight excluding hydrogens is 290 g/mol. The number of fused-ring (bicyclic) bond motifs is 1. The first-order valence-corrected chi connectivity index (χ1v) is 8.21. The third kappa shape index (κ3) is 4.26. The van der Waals surface area contributed by atoms with E-state index in [9.17, 15) is 9.90 Å². The Morgan fingerprint density at radius 2 is 2.17 bits per heavy atom. The van der Waals surface area contributed by atoms with E-state index in [1.54, 1.807) is 0 Å². The summed E-state index contributed by atoms with van der Waals surface area (Å²) in [5.41, 5.74) is 3.01. The molecule has 2 rings (SSSR count). The van der Waals surface area contributed by atoms with Gasteiger partial charge in [0.25, 0.3) is 0 Å². The first-order chi connectivity index (χ1) is 11.0. The van der Waals surface area contributed by atoms with Crippen molar-refractivity contribution < 1.29 is 9.90 Å². The second-order valence-electron chi connectivity index (χ2n) is 6.41. The molecule has 0 fully saturated rings. The van der Waals surface area contributed by atoms with E-state index in [4.69, 9.17) is 0 Å². The molecule has 2 aromatic rings. The summed E-state index contributed by atoms with van der Waals surface area (Å²) in [5, 5.41) is 16.4. The Labute approximate surface area is 137 Å². The fourth-order valence-corrected chi connectivity index (χ4v) is 2.93. The average Bonchev–Trinajstić information content (AvgIpc) is 2.92. The fourth-order valence-electron chi connectivity index (χ4n) is 2.93. The van der Waals surface area contributed by atoms with Gasteiger partial charge < -0.3 is 20.7 Å². The van der Waals surface area contributed by atoms with Crippen LogP contribution in [-0.2, 0) is 6.42 Å². The maximum Gasteiger partial charge on any atom is 0.315 e. The van der Waals surface area contributed by atoms with Crippen molar-refractivity contribution in [3.63, 3.8) is 0 Å². The number of benzene rings is 1. The van der Waals surface area contributed by atoms with E-state index < -0.39 is 5.54 Å². The Morgan fingerprint density at radius 1 is 1.39 bits per heavy atom. The molecule has 1 atom stereocenters. The number of hydrogen-bond acceptors (Lipinski definition) is 2. The van der Waals surface area contributed by atoms with Crippen LogP contribution < -0.4 is 10.6 Å². The molecule has 0 radical (unpaired) electrons. The van der Waals surface area contributed by atoms with Crippen molar-refractivity contribution in [3.8, 4) is 0 Å². The largest absolute Gasteiger partial charge is 0.394 e. The Kier molecular flexibility index (Phi) is 5.66. The van der Waals surface area contributed by atoms with Gasteiger partial charge in [-0.1, -0.05) is 31.5 Å². The number of H-pyrrole nitrogens is 1. The number of aliphatic hydroxyl groups excluding tert-OH is 1. The summed E-state index contributed by atoms with van der Waals surface area (Å²) in [4.78, 5) is 15.3. The van der Waals surface area contributed by atoms with Crippen LogP contribution in [0.5, 0.6) is 0 Å². The number of amides is 2. The van der Waals surface area contributed by atoms with Gasteiger partial charge in [0.05, 0.1) is 12.1 Å². The summed E-state index contributed by atoms with van der Waals surface area (Å²) >= 11 is 0. The van der Waals surface area contributed by atoms with Gasteiger partial charge in [0, 0.05) is 23.6 Å². The summed E-state index contributed by atoms with van der Waals surface area (Å²) < 4.78 is 0. The van der Waals surface area contributed by atoms with Gasteiger partial charge in [-0.2, -0.15) is 0 Å². The summed E-state index contributed by atoms with van der Waals surface area (Å²) in [6, 6.07) is 5.99. The fraction of sp³-hybridized carbons (Fsp3) is 0.500. The predicted molar refractivity (Wildman–Crippen MR) is 93.7 cm³/mol. The van der Waals surface area contributed by atoms with E-state index >= 15 is 0 Å². The Morgan fingerprint density at radius 3 is 2.87 bits per heavy atom. The van der Waals surface area contributed by atoms with Gasteiger partial charge >= 0.3 is 6.03 Å². The van der Waals surface area contributed by atoms with Crippen molar-refractivity contribution in [3.05, 3.63) is 35.5 Å². The predicted octanol–water partition coefficient (Wildman–Crippen LogP) is 2.87. The number of aryl methyl sites for hydroxylation is 1.